The quantitative estimate of drug-likeness (QED) is 0.805. The summed E-state index contributed by atoms with van der Waals surface area (Å²) in [6.07, 6.45) is 6.54. The van der Waals surface area contributed by atoms with Crippen molar-refractivity contribution in [1.82, 2.24) is 14.6 Å². The summed E-state index contributed by atoms with van der Waals surface area (Å²) in [5.41, 5.74) is 4.54. The maximum absolute atomic E-state index is 13.0. The molecule has 2 N–H and O–H groups in total. The summed E-state index contributed by atoms with van der Waals surface area (Å²) in [4.78, 5) is 18.4. The van der Waals surface area contributed by atoms with E-state index in [4.69, 9.17) is 0 Å². The molecule has 1 aromatic heterocycles. The number of hydrogen-bond acceptors (Lipinski definition) is 3. The third kappa shape index (κ3) is 3.96. The summed E-state index contributed by atoms with van der Waals surface area (Å²) >= 11 is 0. The molecule has 6 nitrogen and oxygen atoms in total. The van der Waals surface area contributed by atoms with Gasteiger partial charge in [-0.2, -0.15) is 0 Å². The van der Waals surface area contributed by atoms with Crippen molar-refractivity contribution in [1.29, 1.82) is 0 Å². The van der Waals surface area contributed by atoms with Crippen molar-refractivity contribution in [2.45, 2.75) is 57.9 Å². The summed E-state index contributed by atoms with van der Waals surface area (Å²) in [6.45, 7) is 3.03. The minimum atomic E-state index is -3.20. The van der Waals surface area contributed by atoms with Crippen LogP contribution in [-0.2, 0) is 22.9 Å². The number of hydrogen-bond donors (Lipinski definition) is 2. The number of sulfonamides is 1. The van der Waals surface area contributed by atoms with Gasteiger partial charge in [-0.05, 0) is 68.7 Å². The highest BCUT2D eigenvalue weighted by molar-refractivity contribution is 7.89. The number of amides is 1. The Hall–Kier alpha value is -1.86. The van der Waals surface area contributed by atoms with Crippen LogP contribution in [0.25, 0.3) is 10.9 Å². The molecule has 0 spiro atoms. The normalized spacial score (nSPS) is 18.4. The summed E-state index contributed by atoms with van der Waals surface area (Å²) in [6, 6.07) is 5.89. The fraction of sp³-hybridized carbons (Fsp3) is 0.571. The fourth-order valence-corrected chi connectivity index (χ4v) is 5.90. The van der Waals surface area contributed by atoms with Crippen LogP contribution in [0.15, 0.2) is 18.2 Å². The van der Waals surface area contributed by atoms with Crippen LogP contribution in [0.1, 0.15) is 60.6 Å². The van der Waals surface area contributed by atoms with E-state index in [0.717, 1.165) is 23.9 Å². The zero-order chi connectivity index (χ0) is 19.7. The molecule has 7 heteroatoms. The molecule has 1 fully saturated rings. The smallest absolute Gasteiger partial charge is 0.253 e. The molecule has 2 aliphatic rings. The minimum Gasteiger partial charge on any atom is -0.358 e. The second-order valence-corrected chi connectivity index (χ2v) is 9.93. The van der Waals surface area contributed by atoms with Gasteiger partial charge in [0.2, 0.25) is 10.0 Å². The van der Waals surface area contributed by atoms with E-state index in [1.54, 1.807) is 0 Å². The van der Waals surface area contributed by atoms with E-state index < -0.39 is 10.0 Å². The average Bonchev–Trinajstić information content (AvgIpc) is 3.05. The fourth-order valence-electron chi connectivity index (χ4n) is 4.50. The van der Waals surface area contributed by atoms with Crippen molar-refractivity contribution in [2.24, 2.45) is 0 Å². The van der Waals surface area contributed by atoms with Crippen LogP contribution in [0.5, 0.6) is 0 Å². The number of rotatable bonds is 5. The first-order valence-corrected chi connectivity index (χ1v) is 12.0. The number of benzene rings is 1. The van der Waals surface area contributed by atoms with Gasteiger partial charge in [0.05, 0.1) is 5.75 Å². The maximum atomic E-state index is 13.0. The number of aryl methyl sites for hydroxylation is 2. The Kier molecular flexibility index (Phi) is 5.47. The lowest BCUT2D eigenvalue weighted by atomic mass is 9.95. The van der Waals surface area contributed by atoms with E-state index in [1.165, 1.54) is 29.5 Å². The molecule has 0 bridgehead atoms. The Morgan fingerprint density at radius 2 is 1.96 bits per heavy atom. The molecule has 1 aromatic carbocycles. The predicted molar refractivity (Wildman–Crippen MR) is 111 cm³/mol. The molecule has 2 heterocycles. The Morgan fingerprint density at radius 1 is 1.21 bits per heavy atom. The van der Waals surface area contributed by atoms with Crippen LogP contribution in [0, 0.1) is 0 Å². The van der Waals surface area contributed by atoms with Crippen molar-refractivity contribution in [3.8, 4) is 0 Å². The van der Waals surface area contributed by atoms with E-state index in [0.29, 0.717) is 32.4 Å². The predicted octanol–water partition coefficient (Wildman–Crippen LogP) is 2.98. The van der Waals surface area contributed by atoms with Gasteiger partial charge in [-0.3, -0.25) is 4.79 Å². The third-order valence-corrected chi connectivity index (χ3v) is 7.58. The second kappa shape index (κ2) is 7.87. The number of H-pyrrole nitrogens is 1. The first-order valence-electron chi connectivity index (χ1n) is 10.4. The molecule has 0 saturated carbocycles. The standard InChI is InChI=1S/C21H29N3O3S/c1-2-13-28(26,27)23-16-9-11-24(12-10-16)21(25)15-7-8-20-18(14-15)17-5-3-4-6-19(17)22-20/h7-8,14,16,22-23H,2-6,9-13H2,1H3. The molecule has 4 rings (SSSR count). The van der Waals surface area contributed by atoms with Crippen molar-refractivity contribution >= 4 is 26.8 Å². The van der Waals surface area contributed by atoms with Crippen molar-refractivity contribution < 1.29 is 13.2 Å². The molecule has 1 aliphatic carbocycles. The van der Waals surface area contributed by atoms with Crippen molar-refractivity contribution in [2.75, 3.05) is 18.8 Å². The van der Waals surface area contributed by atoms with Gasteiger partial charge in [0, 0.05) is 41.3 Å². The molecule has 0 unspecified atom stereocenters. The Bertz CT molecular complexity index is 972. The van der Waals surface area contributed by atoms with Gasteiger partial charge in [-0.25, -0.2) is 13.1 Å². The zero-order valence-corrected chi connectivity index (χ0v) is 17.3. The Labute approximate surface area is 166 Å². The molecule has 1 amide bonds. The van der Waals surface area contributed by atoms with Gasteiger partial charge >= 0.3 is 0 Å². The Morgan fingerprint density at radius 3 is 2.71 bits per heavy atom. The molecule has 28 heavy (non-hydrogen) atoms. The highest BCUT2D eigenvalue weighted by Crippen LogP contribution is 2.30. The third-order valence-electron chi connectivity index (χ3n) is 5.95. The number of carbonyl (C=O) groups is 1. The SMILES string of the molecule is CCCS(=O)(=O)NC1CCN(C(=O)c2ccc3[nH]c4c(c3c2)CCCC4)CC1. The molecule has 2 aromatic rings. The van der Waals surface area contributed by atoms with E-state index >= 15 is 0 Å². The van der Waals surface area contributed by atoms with Crippen LogP contribution >= 0.6 is 0 Å². The largest absolute Gasteiger partial charge is 0.358 e. The Balaban J connectivity index is 1.44. The van der Waals surface area contributed by atoms with Crippen LogP contribution in [0.2, 0.25) is 0 Å². The topological polar surface area (TPSA) is 82.3 Å². The van der Waals surface area contributed by atoms with Gasteiger partial charge in [0.1, 0.15) is 0 Å². The van der Waals surface area contributed by atoms with Gasteiger partial charge in [0.15, 0.2) is 0 Å². The molecule has 152 valence electrons. The van der Waals surface area contributed by atoms with Crippen LogP contribution in [0.3, 0.4) is 0 Å². The number of likely N-dealkylation sites (tertiary alicyclic amines) is 1. The van der Waals surface area contributed by atoms with E-state index in [-0.39, 0.29) is 17.7 Å². The second-order valence-electron chi connectivity index (χ2n) is 8.05. The summed E-state index contributed by atoms with van der Waals surface area (Å²) in [7, 11) is -3.20. The first kappa shape index (κ1) is 19.5. The van der Waals surface area contributed by atoms with E-state index in [2.05, 4.69) is 9.71 Å². The van der Waals surface area contributed by atoms with Gasteiger partial charge in [-0.15, -0.1) is 0 Å². The molecular formula is C21H29N3O3S. The number of nitrogens with zero attached hydrogens (tertiary/aromatic N) is 1. The molecule has 0 radical (unpaired) electrons. The number of piperidine rings is 1. The molecule has 1 saturated heterocycles. The summed E-state index contributed by atoms with van der Waals surface area (Å²) in [5.74, 6) is 0.204. The zero-order valence-electron chi connectivity index (χ0n) is 16.5. The highest BCUT2D eigenvalue weighted by atomic mass is 32.2. The molecular weight excluding hydrogens is 374 g/mol. The number of aromatic nitrogens is 1. The van der Waals surface area contributed by atoms with E-state index in [1.807, 2.05) is 30.0 Å². The van der Waals surface area contributed by atoms with Gasteiger partial charge < -0.3 is 9.88 Å². The van der Waals surface area contributed by atoms with Crippen LogP contribution in [-0.4, -0.2) is 49.1 Å². The van der Waals surface area contributed by atoms with Crippen molar-refractivity contribution in [3.05, 3.63) is 35.0 Å². The lowest BCUT2D eigenvalue weighted by molar-refractivity contribution is 0.0711. The monoisotopic (exact) mass is 403 g/mol. The van der Waals surface area contributed by atoms with Gasteiger partial charge in [-0.1, -0.05) is 6.92 Å². The lowest BCUT2D eigenvalue weighted by Gasteiger charge is -2.32. The first-order chi connectivity index (χ1) is 13.5. The molecule has 0 atom stereocenters. The number of nitrogens with one attached hydrogen (secondary N) is 2. The molecule has 1 aliphatic heterocycles. The summed E-state index contributed by atoms with van der Waals surface area (Å²) < 4.78 is 26.7. The van der Waals surface area contributed by atoms with Crippen LogP contribution in [0.4, 0.5) is 0 Å². The van der Waals surface area contributed by atoms with Gasteiger partial charge in [0.25, 0.3) is 5.91 Å². The maximum Gasteiger partial charge on any atom is 0.253 e. The number of aromatic amines is 1. The lowest BCUT2D eigenvalue weighted by Crippen LogP contribution is -2.46. The van der Waals surface area contributed by atoms with Crippen LogP contribution < -0.4 is 4.72 Å². The van der Waals surface area contributed by atoms with E-state index in [9.17, 15) is 13.2 Å². The highest BCUT2D eigenvalue weighted by Gasteiger charge is 2.26. The average molecular weight is 404 g/mol. The minimum absolute atomic E-state index is 0.0440. The van der Waals surface area contributed by atoms with Crippen molar-refractivity contribution in [3.63, 3.8) is 0 Å². The number of fused-ring (bicyclic) bond motifs is 3. The number of carbonyl (C=O) groups excluding carboxylic acids is 1. The summed E-state index contributed by atoms with van der Waals surface area (Å²) in [5, 5.41) is 1.18.